The summed E-state index contributed by atoms with van der Waals surface area (Å²) in [6.07, 6.45) is 1.81. The van der Waals surface area contributed by atoms with Crippen LogP contribution in [0.15, 0.2) is 18.3 Å². The normalized spacial score (nSPS) is 29.2. The van der Waals surface area contributed by atoms with E-state index in [1.807, 2.05) is 13.2 Å². The van der Waals surface area contributed by atoms with Crippen LogP contribution in [0.4, 0.5) is 4.39 Å². The van der Waals surface area contributed by atoms with E-state index in [1.54, 1.807) is 6.92 Å². The number of alkyl halides is 1. The van der Waals surface area contributed by atoms with Gasteiger partial charge in [-0.3, -0.25) is 5.10 Å². The number of rotatable bonds is 1. The van der Waals surface area contributed by atoms with E-state index >= 15 is 0 Å². The van der Waals surface area contributed by atoms with Crippen LogP contribution in [-0.2, 0) is 0 Å². The van der Waals surface area contributed by atoms with Crippen LogP contribution < -0.4 is 0 Å². The lowest BCUT2D eigenvalue weighted by Gasteiger charge is -2.23. The van der Waals surface area contributed by atoms with Crippen LogP contribution in [0.25, 0.3) is 10.9 Å². The van der Waals surface area contributed by atoms with E-state index in [2.05, 4.69) is 34.2 Å². The molecule has 0 amide bonds. The average Bonchev–Trinajstić information content (AvgIpc) is 2.80. The molecule has 4 heteroatoms. The Morgan fingerprint density at radius 3 is 2.94 bits per heavy atom. The van der Waals surface area contributed by atoms with Gasteiger partial charge in [-0.1, -0.05) is 0 Å². The van der Waals surface area contributed by atoms with Crippen molar-refractivity contribution in [3.8, 4) is 0 Å². The van der Waals surface area contributed by atoms with Crippen LogP contribution >= 0.6 is 0 Å². The molecule has 3 rings (SSSR count). The lowest BCUT2D eigenvalue weighted by atomic mass is 9.85. The lowest BCUT2D eigenvalue weighted by molar-refractivity contribution is 0.179. The molecule has 0 aliphatic carbocycles. The van der Waals surface area contributed by atoms with Crippen LogP contribution in [0.2, 0.25) is 0 Å². The van der Waals surface area contributed by atoms with Gasteiger partial charge in [0.2, 0.25) is 0 Å². The van der Waals surface area contributed by atoms with Crippen LogP contribution in [-0.4, -0.2) is 40.9 Å². The summed E-state index contributed by atoms with van der Waals surface area (Å²) in [5, 5.41) is 8.08. The molecule has 1 aliphatic rings. The first-order valence-corrected chi connectivity index (χ1v) is 6.28. The molecule has 1 aromatic carbocycles. The fourth-order valence-electron chi connectivity index (χ4n) is 3.12. The number of benzene rings is 1. The summed E-state index contributed by atoms with van der Waals surface area (Å²) in [4.78, 5) is 2.06. The number of aryl methyl sites for hydroxylation is 1. The molecule has 1 fully saturated rings. The molecule has 1 N–H and O–H groups in total. The first kappa shape index (κ1) is 11.7. The summed E-state index contributed by atoms with van der Waals surface area (Å²) in [5.41, 5.74) is 2.07. The largest absolute Gasteiger partial charge is 0.302 e. The number of halogens is 1. The SMILES string of the molecule is Cc1cc2cn[nH]c2cc1C1CN(C)CC1(C)F. The third kappa shape index (κ3) is 1.72. The van der Waals surface area contributed by atoms with Crippen molar-refractivity contribution in [3.63, 3.8) is 0 Å². The maximum atomic E-state index is 14.7. The molecule has 2 unspecified atom stereocenters. The van der Waals surface area contributed by atoms with E-state index in [0.29, 0.717) is 6.54 Å². The average molecular weight is 247 g/mol. The molecule has 2 atom stereocenters. The van der Waals surface area contributed by atoms with E-state index in [4.69, 9.17) is 0 Å². The van der Waals surface area contributed by atoms with E-state index in [9.17, 15) is 4.39 Å². The number of H-pyrrole nitrogens is 1. The molecule has 2 heterocycles. The van der Waals surface area contributed by atoms with Gasteiger partial charge in [-0.2, -0.15) is 5.10 Å². The maximum absolute atomic E-state index is 14.7. The molecule has 96 valence electrons. The van der Waals surface area contributed by atoms with Gasteiger partial charge in [-0.25, -0.2) is 4.39 Å². The molecule has 2 aromatic rings. The van der Waals surface area contributed by atoms with Crippen LogP contribution in [0, 0.1) is 6.92 Å². The Bertz CT molecular complexity index is 588. The monoisotopic (exact) mass is 247 g/mol. The van der Waals surface area contributed by atoms with Crippen LogP contribution in [0.1, 0.15) is 24.0 Å². The number of likely N-dealkylation sites (N-methyl/N-ethyl adjacent to an activating group) is 1. The molecule has 0 bridgehead atoms. The van der Waals surface area contributed by atoms with Crippen molar-refractivity contribution in [2.45, 2.75) is 25.4 Å². The van der Waals surface area contributed by atoms with Gasteiger partial charge in [0.25, 0.3) is 0 Å². The van der Waals surface area contributed by atoms with Gasteiger partial charge >= 0.3 is 0 Å². The van der Waals surface area contributed by atoms with E-state index in [1.165, 1.54) is 0 Å². The fourth-order valence-corrected chi connectivity index (χ4v) is 3.12. The summed E-state index contributed by atoms with van der Waals surface area (Å²) in [6, 6.07) is 4.14. The Labute approximate surface area is 106 Å². The van der Waals surface area contributed by atoms with Crippen molar-refractivity contribution in [2.24, 2.45) is 0 Å². The molecule has 0 radical (unpaired) electrons. The Kier molecular flexibility index (Phi) is 2.45. The first-order chi connectivity index (χ1) is 8.47. The van der Waals surface area contributed by atoms with Gasteiger partial charge < -0.3 is 4.90 Å². The molecule has 1 aromatic heterocycles. The molecular weight excluding hydrogens is 229 g/mol. The van der Waals surface area contributed by atoms with Crippen molar-refractivity contribution in [1.29, 1.82) is 0 Å². The topological polar surface area (TPSA) is 31.9 Å². The summed E-state index contributed by atoms with van der Waals surface area (Å²) < 4.78 is 14.7. The number of aromatic amines is 1. The van der Waals surface area contributed by atoms with Gasteiger partial charge in [0.15, 0.2) is 0 Å². The van der Waals surface area contributed by atoms with Crippen molar-refractivity contribution in [3.05, 3.63) is 29.5 Å². The Hall–Kier alpha value is -1.42. The molecule has 0 saturated carbocycles. The predicted octanol–water partition coefficient (Wildman–Crippen LogP) is 2.63. The van der Waals surface area contributed by atoms with Crippen LogP contribution in [0.5, 0.6) is 0 Å². The number of aromatic nitrogens is 2. The fraction of sp³-hybridized carbons (Fsp3) is 0.500. The summed E-state index contributed by atoms with van der Waals surface area (Å²) >= 11 is 0. The van der Waals surface area contributed by atoms with E-state index in [0.717, 1.165) is 28.6 Å². The highest BCUT2D eigenvalue weighted by Crippen LogP contribution is 2.40. The van der Waals surface area contributed by atoms with Gasteiger partial charge in [0, 0.05) is 24.4 Å². The Morgan fingerprint density at radius 2 is 2.28 bits per heavy atom. The van der Waals surface area contributed by atoms with Gasteiger partial charge in [-0.05, 0) is 44.2 Å². The third-order valence-corrected chi connectivity index (χ3v) is 4.00. The number of nitrogens with zero attached hydrogens (tertiary/aromatic N) is 2. The molecule has 1 saturated heterocycles. The maximum Gasteiger partial charge on any atom is 0.128 e. The highest BCUT2D eigenvalue weighted by Gasteiger charge is 2.43. The third-order valence-electron chi connectivity index (χ3n) is 4.00. The van der Waals surface area contributed by atoms with E-state index < -0.39 is 5.67 Å². The lowest BCUT2D eigenvalue weighted by Crippen LogP contribution is -2.27. The second-order valence-corrected chi connectivity index (χ2v) is 5.69. The second-order valence-electron chi connectivity index (χ2n) is 5.69. The number of likely N-dealkylation sites (tertiary alicyclic amines) is 1. The number of nitrogens with one attached hydrogen (secondary N) is 1. The Morgan fingerprint density at radius 1 is 1.50 bits per heavy atom. The molecular formula is C14H18FN3. The van der Waals surface area contributed by atoms with Crippen molar-refractivity contribution < 1.29 is 4.39 Å². The molecule has 3 nitrogen and oxygen atoms in total. The predicted molar refractivity (Wildman–Crippen MR) is 70.6 cm³/mol. The number of hydrogen-bond acceptors (Lipinski definition) is 2. The van der Waals surface area contributed by atoms with E-state index in [-0.39, 0.29) is 5.92 Å². The second kappa shape index (κ2) is 3.79. The first-order valence-electron chi connectivity index (χ1n) is 6.28. The minimum atomic E-state index is -1.16. The van der Waals surface area contributed by atoms with Crippen molar-refractivity contribution >= 4 is 10.9 Å². The summed E-state index contributed by atoms with van der Waals surface area (Å²) in [6.45, 7) is 5.03. The number of hydrogen-bond donors (Lipinski definition) is 1. The summed E-state index contributed by atoms with van der Waals surface area (Å²) in [7, 11) is 1.97. The minimum absolute atomic E-state index is 0.0600. The zero-order valence-corrected chi connectivity index (χ0v) is 11.0. The zero-order chi connectivity index (χ0) is 12.9. The van der Waals surface area contributed by atoms with Gasteiger partial charge in [0.05, 0.1) is 11.7 Å². The van der Waals surface area contributed by atoms with Gasteiger partial charge in [0.1, 0.15) is 5.67 Å². The van der Waals surface area contributed by atoms with Gasteiger partial charge in [-0.15, -0.1) is 0 Å². The smallest absolute Gasteiger partial charge is 0.128 e. The molecule has 1 aliphatic heterocycles. The summed E-state index contributed by atoms with van der Waals surface area (Å²) in [5.74, 6) is -0.0600. The minimum Gasteiger partial charge on any atom is -0.302 e. The standard InChI is InChI=1S/C14H18FN3/c1-9-4-10-6-16-17-13(10)5-11(9)12-7-18(3)8-14(12,2)15/h4-6,12H,7-8H2,1-3H3,(H,16,17). The zero-order valence-electron chi connectivity index (χ0n) is 11.0. The van der Waals surface area contributed by atoms with Crippen molar-refractivity contribution in [1.82, 2.24) is 15.1 Å². The van der Waals surface area contributed by atoms with Crippen LogP contribution in [0.3, 0.4) is 0 Å². The quantitative estimate of drug-likeness (QED) is 0.840. The highest BCUT2D eigenvalue weighted by molar-refractivity contribution is 5.80. The highest BCUT2D eigenvalue weighted by atomic mass is 19.1. The number of fused-ring (bicyclic) bond motifs is 1. The molecule has 18 heavy (non-hydrogen) atoms. The molecule has 0 spiro atoms. The van der Waals surface area contributed by atoms with Crippen molar-refractivity contribution in [2.75, 3.05) is 20.1 Å². The Balaban J connectivity index is 2.10.